The van der Waals surface area contributed by atoms with Crippen LogP contribution in [-0.2, 0) is 10.0 Å². The van der Waals surface area contributed by atoms with Crippen molar-refractivity contribution in [2.75, 3.05) is 22.9 Å². The van der Waals surface area contributed by atoms with E-state index >= 15 is 0 Å². The topological polar surface area (TPSA) is 66.5 Å². The van der Waals surface area contributed by atoms with Gasteiger partial charge in [-0.25, -0.2) is 12.8 Å². The molecule has 7 heteroatoms. The number of nitrogens with one attached hydrogen (secondary N) is 1. The number of carbonyl (C=O) groups is 1. The fraction of sp³-hybridized carbons (Fsp3) is 0.188. The lowest BCUT2D eigenvalue weighted by Gasteiger charge is -2.19. The number of sulfonamides is 1. The summed E-state index contributed by atoms with van der Waals surface area (Å²) in [5, 5.41) is 2.47. The van der Waals surface area contributed by atoms with Gasteiger partial charge in [-0.2, -0.15) is 0 Å². The molecule has 0 aliphatic rings. The predicted octanol–water partition coefficient (Wildman–Crippen LogP) is 2.78. The van der Waals surface area contributed by atoms with Gasteiger partial charge in [-0.05, 0) is 36.8 Å². The van der Waals surface area contributed by atoms with Gasteiger partial charge in [-0.1, -0.05) is 18.2 Å². The fourth-order valence-electron chi connectivity index (χ4n) is 2.03. The van der Waals surface area contributed by atoms with E-state index < -0.39 is 21.7 Å². The van der Waals surface area contributed by atoms with E-state index in [-0.39, 0.29) is 16.9 Å². The van der Waals surface area contributed by atoms with Gasteiger partial charge in [0.2, 0.25) is 10.0 Å². The van der Waals surface area contributed by atoms with Crippen LogP contribution < -0.4 is 9.62 Å². The Morgan fingerprint density at radius 3 is 2.43 bits per heavy atom. The number of para-hydroxylation sites is 1. The Bertz CT molecular complexity index is 850. The van der Waals surface area contributed by atoms with E-state index in [1.165, 1.54) is 31.3 Å². The zero-order chi connectivity index (χ0) is 17.2. The van der Waals surface area contributed by atoms with Gasteiger partial charge in [0.05, 0.1) is 23.2 Å². The van der Waals surface area contributed by atoms with Crippen LogP contribution >= 0.6 is 0 Å². The maximum absolute atomic E-state index is 13.9. The molecule has 0 unspecified atom stereocenters. The monoisotopic (exact) mass is 336 g/mol. The maximum atomic E-state index is 13.9. The zero-order valence-corrected chi connectivity index (χ0v) is 13.8. The highest BCUT2D eigenvalue weighted by Gasteiger charge is 2.20. The number of nitrogens with zero attached hydrogens (tertiary/aromatic N) is 1. The molecule has 0 heterocycles. The molecule has 0 radical (unpaired) electrons. The van der Waals surface area contributed by atoms with E-state index in [0.717, 1.165) is 16.1 Å². The number of aryl methyl sites for hydroxylation is 1. The normalized spacial score (nSPS) is 11.1. The van der Waals surface area contributed by atoms with Crippen LogP contribution in [0.25, 0.3) is 0 Å². The van der Waals surface area contributed by atoms with E-state index in [2.05, 4.69) is 5.32 Å². The number of rotatable bonds is 4. The highest BCUT2D eigenvalue weighted by Crippen LogP contribution is 2.23. The van der Waals surface area contributed by atoms with Crippen LogP contribution in [0.1, 0.15) is 15.9 Å². The van der Waals surface area contributed by atoms with E-state index in [4.69, 9.17) is 0 Å². The molecule has 0 bridgehead atoms. The lowest BCUT2D eigenvalue weighted by Crippen LogP contribution is -2.27. The third-order valence-electron chi connectivity index (χ3n) is 3.36. The SMILES string of the molecule is Cc1ccc(NC(=O)c2ccccc2N(C)S(C)(=O)=O)c(F)c1. The van der Waals surface area contributed by atoms with Crippen molar-refractivity contribution in [3.63, 3.8) is 0 Å². The molecule has 0 aliphatic carbocycles. The fourth-order valence-corrected chi connectivity index (χ4v) is 2.55. The molecule has 122 valence electrons. The van der Waals surface area contributed by atoms with Crippen LogP contribution in [-0.4, -0.2) is 27.6 Å². The van der Waals surface area contributed by atoms with Crippen molar-refractivity contribution in [2.24, 2.45) is 0 Å². The van der Waals surface area contributed by atoms with E-state index in [1.54, 1.807) is 25.1 Å². The highest BCUT2D eigenvalue weighted by molar-refractivity contribution is 7.92. The van der Waals surface area contributed by atoms with Gasteiger partial charge in [-0.3, -0.25) is 9.10 Å². The molecule has 0 saturated heterocycles. The molecule has 0 fully saturated rings. The van der Waals surface area contributed by atoms with Crippen molar-refractivity contribution >= 4 is 27.3 Å². The minimum atomic E-state index is -3.52. The largest absolute Gasteiger partial charge is 0.319 e. The number of hydrogen-bond acceptors (Lipinski definition) is 3. The van der Waals surface area contributed by atoms with Gasteiger partial charge in [0, 0.05) is 7.05 Å². The summed E-state index contributed by atoms with van der Waals surface area (Å²) in [6.45, 7) is 1.74. The highest BCUT2D eigenvalue weighted by atomic mass is 32.2. The van der Waals surface area contributed by atoms with Crippen molar-refractivity contribution in [3.05, 3.63) is 59.4 Å². The van der Waals surface area contributed by atoms with Gasteiger partial charge < -0.3 is 5.32 Å². The van der Waals surface area contributed by atoms with Crippen molar-refractivity contribution in [3.8, 4) is 0 Å². The second-order valence-corrected chi connectivity index (χ2v) is 7.20. The van der Waals surface area contributed by atoms with E-state index in [1.807, 2.05) is 0 Å². The zero-order valence-electron chi connectivity index (χ0n) is 13.0. The Hall–Kier alpha value is -2.41. The molecule has 1 amide bonds. The average Bonchev–Trinajstić information content (AvgIpc) is 2.48. The third-order valence-corrected chi connectivity index (χ3v) is 4.55. The molecule has 23 heavy (non-hydrogen) atoms. The van der Waals surface area contributed by atoms with Crippen molar-refractivity contribution in [1.82, 2.24) is 0 Å². The Balaban J connectivity index is 2.37. The predicted molar refractivity (Wildman–Crippen MR) is 88.8 cm³/mol. The lowest BCUT2D eigenvalue weighted by molar-refractivity contribution is 0.102. The van der Waals surface area contributed by atoms with Crippen molar-refractivity contribution in [2.45, 2.75) is 6.92 Å². The first-order valence-corrected chi connectivity index (χ1v) is 8.65. The Kier molecular flexibility index (Phi) is 4.70. The number of amides is 1. The van der Waals surface area contributed by atoms with Crippen molar-refractivity contribution in [1.29, 1.82) is 0 Å². The van der Waals surface area contributed by atoms with Crippen LogP contribution in [0.4, 0.5) is 15.8 Å². The van der Waals surface area contributed by atoms with Crippen LogP contribution in [0.2, 0.25) is 0 Å². The van der Waals surface area contributed by atoms with Gasteiger partial charge in [-0.15, -0.1) is 0 Å². The number of anilines is 2. The Labute approximate surface area is 134 Å². The van der Waals surface area contributed by atoms with Crippen molar-refractivity contribution < 1.29 is 17.6 Å². The molecule has 5 nitrogen and oxygen atoms in total. The number of hydrogen-bond donors (Lipinski definition) is 1. The molecule has 2 aromatic rings. The molecular formula is C16H17FN2O3S. The number of halogens is 1. The van der Waals surface area contributed by atoms with Gasteiger partial charge in [0.25, 0.3) is 5.91 Å². The third kappa shape index (κ3) is 3.87. The minimum Gasteiger partial charge on any atom is -0.319 e. The van der Waals surface area contributed by atoms with Crippen LogP contribution in [0.5, 0.6) is 0 Å². The second-order valence-electron chi connectivity index (χ2n) is 5.19. The maximum Gasteiger partial charge on any atom is 0.257 e. The van der Waals surface area contributed by atoms with Crippen LogP contribution in [0.15, 0.2) is 42.5 Å². The van der Waals surface area contributed by atoms with Crippen LogP contribution in [0.3, 0.4) is 0 Å². The standard InChI is InChI=1S/C16H17FN2O3S/c1-11-8-9-14(13(17)10-11)18-16(20)12-6-4-5-7-15(12)19(2)23(3,21)22/h4-10H,1-3H3,(H,18,20). The van der Waals surface area contributed by atoms with Gasteiger partial charge in [0.1, 0.15) is 5.82 Å². The summed E-state index contributed by atoms with van der Waals surface area (Å²) in [6, 6.07) is 10.7. The summed E-state index contributed by atoms with van der Waals surface area (Å²) in [6.07, 6.45) is 1.04. The summed E-state index contributed by atoms with van der Waals surface area (Å²) in [7, 11) is -2.16. The molecule has 2 rings (SSSR count). The first kappa shape index (κ1) is 17.0. The van der Waals surface area contributed by atoms with Crippen LogP contribution in [0, 0.1) is 12.7 Å². The summed E-state index contributed by atoms with van der Waals surface area (Å²) in [4.78, 5) is 12.4. The Morgan fingerprint density at radius 1 is 1.17 bits per heavy atom. The lowest BCUT2D eigenvalue weighted by atomic mass is 10.1. The molecule has 0 atom stereocenters. The average molecular weight is 336 g/mol. The number of benzene rings is 2. The minimum absolute atomic E-state index is 0.0393. The molecule has 0 aliphatic heterocycles. The first-order chi connectivity index (χ1) is 10.7. The Morgan fingerprint density at radius 2 is 1.83 bits per heavy atom. The first-order valence-electron chi connectivity index (χ1n) is 6.80. The second kappa shape index (κ2) is 6.37. The van der Waals surface area contributed by atoms with E-state index in [9.17, 15) is 17.6 Å². The van der Waals surface area contributed by atoms with E-state index in [0.29, 0.717) is 0 Å². The molecular weight excluding hydrogens is 319 g/mol. The van der Waals surface area contributed by atoms with Gasteiger partial charge in [0.15, 0.2) is 0 Å². The number of carbonyl (C=O) groups excluding carboxylic acids is 1. The summed E-state index contributed by atoms with van der Waals surface area (Å²) in [5.41, 5.74) is 1.13. The molecule has 2 aromatic carbocycles. The molecule has 0 aromatic heterocycles. The summed E-state index contributed by atoms with van der Waals surface area (Å²) >= 11 is 0. The smallest absolute Gasteiger partial charge is 0.257 e. The molecule has 0 spiro atoms. The molecule has 1 N–H and O–H groups in total. The summed E-state index contributed by atoms with van der Waals surface area (Å²) < 4.78 is 38.2. The van der Waals surface area contributed by atoms with Gasteiger partial charge >= 0.3 is 0 Å². The summed E-state index contributed by atoms with van der Waals surface area (Å²) in [5.74, 6) is -1.13. The molecule has 0 saturated carbocycles. The quantitative estimate of drug-likeness (QED) is 0.933.